The summed E-state index contributed by atoms with van der Waals surface area (Å²) in [4.78, 5) is 23.7. The van der Waals surface area contributed by atoms with E-state index in [9.17, 15) is 14.7 Å². The van der Waals surface area contributed by atoms with Crippen LogP contribution in [0.3, 0.4) is 0 Å². The van der Waals surface area contributed by atoms with Crippen molar-refractivity contribution in [1.29, 1.82) is 0 Å². The van der Waals surface area contributed by atoms with E-state index in [1.165, 1.54) is 56.7 Å². The molecule has 0 radical (unpaired) electrons. The fourth-order valence-electron chi connectivity index (χ4n) is 4.15. The van der Waals surface area contributed by atoms with Crippen LogP contribution in [0.2, 0.25) is 0 Å². The second-order valence-electron chi connectivity index (χ2n) is 8.12. The molecule has 1 amide bonds. The van der Waals surface area contributed by atoms with Crippen molar-refractivity contribution in [2.24, 2.45) is 5.41 Å². The van der Waals surface area contributed by atoms with Crippen molar-refractivity contribution in [2.45, 2.75) is 83.7 Å². The van der Waals surface area contributed by atoms with Gasteiger partial charge < -0.3 is 15.7 Å². The summed E-state index contributed by atoms with van der Waals surface area (Å²) < 4.78 is 0. The Labute approximate surface area is 169 Å². The molecule has 1 aromatic rings. The van der Waals surface area contributed by atoms with Crippen LogP contribution >= 0.6 is 0 Å². The predicted molar refractivity (Wildman–Crippen MR) is 112 cm³/mol. The molecule has 2 atom stereocenters. The number of carbonyl (C=O) groups excluding carboxylic acids is 1. The van der Waals surface area contributed by atoms with Crippen molar-refractivity contribution in [3.05, 3.63) is 35.4 Å². The number of hydrogen-bond donors (Lipinski definition) is 3. The quantitative estimate of drug-likeness (QED) is 0.373. The van der Waals surface area contributed by atoms with Crippen molar-refractivity contribution >= 4 is 11.9 Å². The molecule has 1 aliphatic carbocycles. The van der Waals surface area contributed by atoms with Gasteiger partial charge in [-0.2, -0.15) is 0 Å². The average molecular weight is 389 g/mol. The highest BCUT2D eigenvalue weighted by Gasteiger charge is 2.51. The van der Waals surface area contributed by atoms with Gasteiger partial charge in [-0.05, 0) is 43.2 Å². The van der Waals surface area contributed by atoms with Gasteiger partial charge in [0.05, 0.1) is 0 Å². The van der Waals surface area contributed by atoms with Gasteiger partial charge in [-0.15, -0.1) is 0 Å². The Hall–Kier alpha value is -1.88. The van der Waals surface area contributed by atoms with Gasteiger partial charge in [0.15, 0.2) is 0 Å². The Bertz CT molecular complexity index is 629. The van der Waals surface area contributed by atoms with E-state index < -0.39 is 11.4 Å². The number of carbonyl (C=O) groups is 2. The zero-order chi connectivity index (χ0) is 20.4. The zero-order valence-electron chi connectivity index (χ0n) is 17.4. The Morgan fingerprint density at radius 2 is 1.71 bits per heavy atom. The Morgan fingerprint density at radius 1 is 1.07 bits per heavy atom. The fraction of sp³-hybridized carbons (Fsp3) is 0.652. The molecule has 156 valence electrons. The molecule has 0 bridgehead atoms. The van der Waals surface area contributed by atoms with E-state index >= 15 is 0 Å². The van der Waals surface area contributed by atoms with Crippen LogP contribution in [0.4, 0.5) is 0 Å². The maximum Gasteiger partial charge on any atom is 0.319 e. The third kappa shape index (κ3) is 6.06. The number of hydrogen-bond acceptors (Lipinski definition) is 3. The van der Waals surface area contributed by atoms with Gasteiger partial charge in [-0.3, -0.25) is 9.59 Å². The van der Waals surface area contributed by atoms with Crippen molar-refractivity contribution in [3.8, 4) is 0 Å². The van der Waals surface area contributed by atoms with E-state index in [-0.39, 0.29) is 11.9 Å². The molecule has 1 aromatic carbocycles. The first-order valence-electron chi connectivity index (χ1n) is 10.8. The molecule has 0 aliphatic heterocycles. The molecular weight excluding hydrogens is 352 g/mol. The molecule has 1 aliphatic rings. The highest BCUT2D eigenvalue weighted by molar-refractivity contribution is 6.02. The molecule has 0 spiro atoms. The lowest BCUT2D eigenvalue weighted by Gasteiger charge is -2.22. The Morgan fingerprint density at radius 3 is 2.36 bits per heavy atom. The minimum absolute atomic E-state index is 0.0520. The summed E-state index contributed by atoms with van der Waals surface area (Å²) >= 11 is 0. The average Bonchev–Trinajstić information content (AvgIpc) is 3.15. The van der Waals surface area contributed by atoms with E-state index in [0.717, 1.165) is 6.42 Å². The second kappa shape index (κ2) is 11.2. The molecule has 0 heterocycles. The number of carboxylic acid groups (broad SMARTS) is 1. The molecule has 2 rings (SSSR count). The van der Waals surface area contributed by atoms with Crippen LogP contribution < -0.4 is 10.6 Å². The van der Waals surface area contributed by atoms with Crippen LogP contribution in [-0.2, 0) is 22.6 Å². The molecule has 1 saturated carbocycles. The molecule has 5 nitrogen and oxygen atoms in total. The van der Waals surface area contributed by atoms with Crippen LogP contribution in [0.15, 0.2) is 24.3 Å². The number of amides is 1. The molecule has 0 aromatic heterocycles. The third-order valence-corrected chi connectivity index (χ3v) is 6.02. The zero-order valence-corrected chi connectivity index (χ0v) is 17.4. The van der Waals surface area contributed by atoms with Crippen molar-refractivity contribution in [1.82, 2.24) is 10.6 Å². The van der Waals surface area contributed by atoms with Crippen LogP contribution in [0, 0.1) is 5.41 Å². The number of aryl methyl sites for hydroxylation is 1. The van der Waals surface area contributed by atoms with Crippen molar-refractivity contribution in [3.63, 3.8) is 0 Å². The molecule has 0 saturated heterocycles. The van der Waals surface area contributed by atoms with E-state index in [2.05, 4.69) is 41.8 Å². The van der Waals surface area contributed by atoms with E-state index in [0.29, 0.717) is 25.8 Å². The van der Waals surface area contributed by atoms with Gasteiger partial charge in [0.1, 0.15) is 5.41 Å². The summed E-state index contributed by atoms with van der Waals surface area (Å²) in [6.07, 6.45) is 10.5. The van der Waals surface area contributed by atoms with Crippen LogP contribution in [0.25, 0.3) is 0 Å². The van der Waals surface area contributed by atoms with Crippen LogP contribution in [0.1, 0.15) is 75.8 Å². The SMILES string of the molecule is CCCCCCCCc1ccc(CNC2CCC(C(=O)O)(C(=O)NC)C2)cc1. The predicted octanol–water partition coefficient (Wildman–Crippen LogP) is 4.05. The highest BCUT2D eigenvalue weighted by Crippen LogP contribution is 2.39. The van der Waals surface area contributed by atoms with Gasteiger partial charge in [0, 0.05) is 19.6 Å². The van der Waals surface area contributed by atoms with E-state index in [1.54, 1.807) is 0 Å². The molecular formula is C23H36N2O3. The van der Waals surface area contributed by atoms with E-state index in [4.69, 9.17) is 0 Å². The summed E-state index contributed by atoms with van der Waals surface area (Å²) in [6.45, 7) is 2.94. The smallest absolute Gasteiger partial charge is 0.319 e. The number of carboxylic acids is 1. The minimum atomic E-state index is -1.28. The Balaban J connectivity index is 1.75. The van der Waals surface area contributed by atoms with E-state index in [1.807, 2.05) is 0 Å². The number of aliphatic carboxylic acids is 1. The molecule has 5 heteroatoms. The normalized spacial score (nSPS) is 21.6. The van der Waals surface area contributed by atoms with Gasteiger partial charge in [-0.1, -0.05) is 63.3 Å². The van der Waals surface area contributed by atoms with Crippen LogP contribution in [-0.4, -0.2) is 30.1 Å². The van der Waals surface area contributed by atoms with Gasteiger partial charge >= 0.3 is 5.97 Å². The third-order valence-electron chi connectivity index (χ3n) is 6.02. The molecule has 3 N–H and O–H groups in total. The van der Waals surface area contributed by atoms with Gasteiger partial charge in [-0.25, -0.2) is 0 Å². The fourth-order valence-corrected chi connectivity index (χ4v) is 4.15. The number of benzene rings is 1. The molecule has 1 fully saturated rings. The number of nitrogens with one attached hydrogen (secondary N) is 2. The first kappa shape index (κ1) is 22.4. The van der Waals surface area contributed by atoms with Gasteiger partial charge in [0.25, 0.3) is 0 Å². The number of rotatable bonds is 12. The lowest BCUT2D eigenvalue weighted by molar-refractivity contribution is -0.155. The summed E-state index contributed by atoms with van der Waals surface area (Å²) in [5.74, 6) is -1.40. The highest BCUT2D eigenvalue weighted by atomic mass is 16.4. The van der Waals surface area contributed by atoms with Gasteiger partial charge in [0.2, 0.25) is 5.91 Å². The second-order valence-corrected chi connectivity index (χ2v) is 8.12. The minimum Gasteiger partial charge on any atom is -0.480 e. The maximum absolute atomic E-state index is 12.1. The summed E-state index contributed by atoms with van der Waals surface area (Å²) in [5, 5.41) is 15.5. The largest absolute Gasteiger partial charge is 0.480 e. The van der Waals surface area contributed by atoms with Crippen molar-refractivity contribution in [2.75, 3.05) is 7.05 Å². The summed E-state index contributed by atoms with van der Waals surface area (Å²) in [6, 6.07) is 8.75. The lowest BCUT2D eigenvalue weighted by atomic mass is 9.85. The number of unbranched alkanes of at least 4 members (excludes halogenated alkanes) is 5. The maximum atomic E-state index is 12.1. The van der Waals surface area contributed by atoms with Crippen molar-refractivity contribution < 1.29 is 14.7 Å². The lowest BCUT2D eigenvalue weighted by Crippen LogP contribution is -2.44. The molecule has 28 heavy (non-hydrogen) atoms. The molecule has 2 unspecified atom stereocenters. The monoisotopic (exact) mass is 388 g/mol. The first-order valence-corrected chi connectivity index (χ1v) is 10.8. The Kier molecular flexibility index (Phi) is 8.97. The topological polar surface area (TPSA) is 78.4 Å². The standard InChI is InChI=1S/C23H36N2O3/c1-3-4-5-6-7-8-9-18-10-12-19(13-11-18)17-25-20-14-15-23(16-20,22(27)28)21(26)24-2/h10-13,20,25H,3-9,14-17H2,1-2H3,(H,24,26)(H,27,28). The first-order chi connectivity index (χ1) is 13.5. The van der Waals surface area contributed by atoms with Crippen LogP contribution in [0.5, 0.6) is 0 Å². The summed E-state index contributed by atoms with van der Waals surface area (Å²) in [7, 11) is 1.50. The summed E-state index contributed by atoms with van der Waals surface area (Å²) in [5.41, 5.74) is 1.29.